The van der Waals surface area contributed by atoms with Gasteiger partial charge in [-0.2, -0.15) is 0 Å². The van der Waals surface area contributed by atoms with E-state index in [2.05, 4.69) is 13.8 Å². The highest BCUT2D eigenvalue weighted by Gasteiger charge is 2.68. The van der Waals surface area contributed by atoms with Crippen LogP contribution in [-0.4, -0.2) is 35.0 Å². The van der Waals surface area contributed by atoms with Crippen LogP contribution in [0.1, 0.15) is 39.5 Å². The van der Waals surface area contributed by atoms with Crippen molar-refractivity contribution in [1.82, 2.24) is 0 Å². The Bertz CT molecular complexity index is 307. The van der Waals surface area contributed by atoms with E-state index >= 15 is 0 Å². The highest BCUT2D eigenvalue weighted by Crippen LogP contribution is 2.63. The molecule has 0 amide bonds. The van der Waals surface area contributed by atoms with Crippen LogP contribution in [0.5, 0.6) is 0 Å². The Hall–Kier alpha value is -0.610. The smallest absolute Gasteiger partial charge is 0.312 e. The fourth-order valence-electron chi connectivity index (χ4n) is 3.51. The maximum Gasteiger partial charge on any atom is 0.312 e. The molecule has 2 saturated carbocycles. The first-order chi connectivity index (χ1) is 7.25. The van der Waals surface area contributed by atoms with Crippen LogP contribution in [0.2, 0.25) is 0 Å². The lowest BCUT2D eigenvalue weighted by Gasteiger charge is -2.62. The van der Waals surface area contributed by atoms with Gasteiger partial charge < -0.3 is 14.9 Å². The first-order valence-corrected chi connectivity index (χ1v) is 5.73. The summed E-state index contributed by atoms with van der Waals surface area (Å²) >= 11 is 0. The number of methoxy groups -OCH3 is 1. The molecule has 2 rings (SSSR count). The van der Waals surface area contributed by atoms with Crippen molar-refractivity contribution in [3.8, 4) is 0 Å². The van der Waals surface area contributed by atoms with E-state index in [9.17, 15) is 15.0 Å². The van der Waals surface area contributed by atoms with Gasteiger partial charge in [0.1, 0.15) is 5.41 Å². The molecule has 0 aromatic rings. The predicted octanol–water partition coefficient (Wildman–Crippen LogP) is 1.42. The third-order valence-corrected chi connectivity index (χ3v) is 4.33. The molecular weight excluding hydrogens is 208 g/mol. The lowest BCUT2D eigenvalue weighted by atomic mass is 9.45. The Morgan fingerprint density at radius 2 is 1.81 bits per heavy atom. The Morgan fingerprint density at radius 3 is 2.12 bits per heavy atom. The van der Waals surface area contributed by atoms with E-state index in [1.165, 1.54) is 0 Å². The fraction of sp³-hybridized carbons (Fsp3) is 0.917. The maximum absolute atomic E-state index is 11.4. The van der Waals surface area contributed by atoms with Crippen molar-refractivity contribution in [2.75, 3.05) is 7.11 Å². The molecule has 0 aliphatic heterocycles. The number of aliphatic hydroxyl groups is 1. The molecule has 0 saturated heterocycles. The zero-order valence-corrected chi connectivity index (χ0v) is 10.1. The predicted molar refractivity (Wildman–Crippen MR) is 58.1 cm³/mol. The van der Waals surface area contributed by atoms with Crippen molar-refractivity contribution in [1.29, 1.82) is 0 Å². The normalized spacial score (nSPS) is 39.6. The van der Waals surface area contributed by atoms with Crippen LogP contribution in [0.25, 0.3) is 0 Å². The minimum atomic E-state index is -1.03. The summed E-state index contributed by atoms with van der Waals surface area (Å²) in [5, 5.41) is 19.8. The summed E-state index contributed by atoms with van der Waals surface area (Å²) in [6.07, 6.45) is 2.01. The topological polar surface area (TPSA) is 66.8 Å². The summed E-state index contributed by atoms with van der Waals surface area (Å²) in [6, 6.07) is 0. The molecule has 0 aromatic heterocycles. The first-order valence-electron chi connectivity index (χ1n) is 5.73. The van der Waals surface area contributed by atoms with Crippen LogP contribution < -0.4 is 0 Å². The molecule has 2 fully saturated rings. The largest absolute Gasteiger partial charge is 0.481 e. The number of aliphatic carboxylic acids is 1. The summed E-state index contributed by atoms with van der Waals surface area (Å²) in [7, 11) is 1.59. The Morgan fingerprint density at radius 1 is 1.31 bits per heavy atom. The minimum absolute atomic E-state index is 0.0103. The van der Waals surface area contributed by atoms with Gasteiger partial charge in [0.15, 0.2) is 0 Å². The number of carboxylic acids is 1. The second-order valence-corrected chi connectivity index (χ2v) is 6.20. The van der Waals surface area contributed by atoms with Crippen molar-refractivity contribution >= 4 is 5.97 Å². The monoisotopic (exact) mass is 228 g/mol. The number of carbonyl (C=O) groups is 1. The Labute approximate surface area is 95.6 Å². The standard InChI is InChI=1S/C12H20O4/c1-10(2)6-12(15,7-10)11(9(13)14)4-8(5-11)16-3/h8,15H,4-7H2,1-3H3,(H,13,14). The molecule has 0 heterocycles. The third-order valence-electron chi connectivity index (χ3n) is 4.33. The number of hydrogen-bond acceptors (Lipinski definition) is 3. The molecule has 0 bridgehead atoms. The zero-order valence-electron chi connectivity index (χ0n) is 10.1. The minimum Gasteiger partial charge on any atom is -0.481 e. The quantitative estimate of drug-likeness (QED) is 0.766. The van der Waals surface area contributed by atoms with E-state index in [0.717, 1.165) is 0 Å². The SMILES string of the molecule is COC1CC(C(=O)O)(C2(O)CC(C)(C)C2)C1. The molecule has 0 aromatic carbocycles. The molecule has 92 valence electrons. The number of hydrogen-bond donors (Lipinski definition) is 2. The molecule has 0 radical (unpaired) electrons. The van der Waals surface area contributed by atoms with Crippen LogP contribution in [0, 0.1) is 10.8 Å². The highest BCUT2D eigenvalue weighted by molar-refractivity contribution is 5.78. The van der Waals surface area contributed by atoms with Gasteiger partial charge in [-0.3, -0.25) is 4.79 Å². The van der Waals surface area contributed by atoms with Crippen LogP contribution in [0.15, 0.2) is 0 Å². The molecule has 0 unspecified atom stereocenters. The molecule has 0 atom stereocenters. The second-order valence-electron chi connectivity index (χ2n) is 6.20. The lowest BCUT2D eigenvalue weighted by molar-refractivity contribution is -0.250. The van der Waals surface area contributed by atoms with Gasteiger partial charge in [0.05, 0.1) is 11.7 Å². The van der Waals surface area contributed by atoms with E-state index in [1.807, 2.05) is 0 Å². The van der Waals surface area contributed by atoms with E-state index in [4.69, 9.17) is 4.74 Å². The molecule has 2 N–H and O–H groups in total. The third kappa shape index (κ3) is 1.39. The zero-order chi connectivity index (χ0) is 12.2. The average Bonchev–Trinajstić information content (AvgIpc) is 1.97. The van der Waals surface area contributed by atoms with Crippen molar-refractivity contribution in [3.05, 3.63) is 0 Å². The summed E-state index contributed by atoms with van der Waals surface area (Å²) in [4.78, 5) is 11.4. The van der Waals surface area contributed by atoms with Crippen LogP contribution in [0.4, 0.5) is 0 Å². The van der Waals surface area contributed by atoms with Gasteiger partial charge in [-0.15, -0.1) is 0 Å². The first kappa shape index (κ1) is 11.9. The van der Waals surface area contributed by atoms with Crippen LogP contribution in [-0.2, 0) is 9.53 Å². The number of carboxylic acid groups (broad SMARTS) is 1. The van der Waals surface area contributed by atoms with Crippen LogP contribution >= 0.6 is 0 Å². The number of ether oxygens (including phenoxy) is 1. The molecule has 2 aliphatic rings. The maximum atomic E-state index is 11.4. The molecule has 0 spiro atoms. The van der Waals surface area contributed by atoms with E-state index in [1.54, 1.807) is 7.11 Å². The summed E-state index contributed by atoms with van der Waals surface area (Å²) in [5.41, 5.74) is -1.93. The van der Waals surface area contributed by atoms with Gasteiger partial charge in [-0.05, 0) is 31.1 Å². The lowest BCUT2D eigenvalue weighted by Crippen LogP contribution is -2.68. The highest BCUT2D eigenvalue weighted by atomic mass is 16.5. The van der Waals surface area contributed by atoms with Crippen LogP contribution in [0.3, 0.4) is 0 Å². The van der Waals surface area contributed by atoms with E-state index < -0.39 is 17.0 Å². The summed E-state index contributed by atoms with van der Waals surface area (Å²) in [6.45, 7) is 4.12. The van der Waals surface area contributed by atoms with Gasteiger partial charge >= 0.3 is 5.97 Å². The van der Waals surface area contributed by atoms with E-state index in [-0.39, 0.29) is 11.5 Å². The van der Waals surface area contributed by atoms with Gasteiger partial charge in [-0.25, -0.2) is 0 Å². The Kier molecular flexibility index (Phi) is 2.37. The van der Waals surface area contributed by atoms with Gasteiger partial charge in [0, 0.05) is 7.11 Å². The van der Waals surface area contributed by atoms with Gasteiger partial charge in [0.2, 0.25) is 0 Å². The second kappa shape index (κ2) is 3.20. The van der Waals surface area contributed by atoms with Crippen molar-refractivity contribution < 1.29 is 19.7 Å². The van der Waals surface area contributed by atoms with E-state index in [0.29, 0.717) is 25.7 Å². The molecular formula is C12H20O4. The molecule has 4 nitrogen and oxygen atoms in total. The molecule has 16 heavy (non-hydrogen) atoms. The Balaban J connectivity index is 2.15. The van der Waals surface area contributed by atoms with Crippen molar-refractivity contribution in [2.24, 2.45) is 10.8 Å². The van der Waals surface area contributed by atoms with Gasteiger partial charge in [0.25, 0.3) is 0 Å². The average molecular weight is 228 g/mol. The molecule has 2 aliphatic carbocycles. The summed E-state index contributed by atoms with van der Waals surface area (Å²) < 4.78 is 5.13. The van der Waals surface area contributed by atoms with Gasteiger partial charge in [-0.1, -0.05) is 13.8 Å². The van der Waals surface area contributed by atoms with Crippen molar-refractivity contribution in [2.45, 2.75) is 51.2 Å². The number of rotatable bonds is 3. The summed E-state index contributed by atoms with van der Waals surface area (Å²) in [5.74, 6) is -0.876. The van der Waals surface area contributed by atoms with Crippen molar-refractivity contribution in [3.63, 3.8) is 0 Å². The fourth-order valence-corrected chi connectivity index (χ4v) is 3.51. The molecule has 4 heteroatoms.